The molecule has 0 saturated carbocycles. The standard InChI is InChI=1S/C11H10N4OSe/c12-5-7-8-9(10(16)14-6-13-8)17-11(7)15-3-1-2-4-15/h6H,1-4H2,(H,13,14,16). The average molecular weight is 293 g/mol. The number of nitrogens with one attached hydrogen (secondary N) is 1. The van der Waals surface area contributed by atoms with Gasteiger partial charge < -0.3 is 0 Å². The van der Waals surface area contributed by atoms with Crippen LogP contribution in [0.5, 0.6) is 0 Å². The van der Waals surface area contributed by atoms with E-state index in [-0.39, 0.29) is 20.1 Å². The Kier molecular flexibility index (Phi) is 2.50. The third-order valence-corrected chi connectivity index (χ3v) is 5.56. The molecule has 0 atom stereocenters. The van der Waals surface area contributed by atoms with Crippen molar-refractivity contribution < 1.29 is 0 Å². The van der Waals surface area contributed by atoms with Crippen LogP contribution < -0.4 is 10.5 Å². The second kappa shape index (κ2) is 4.02. The summed E-state index contributed by atoms with van der Waals surface area (Å²) in [7, 11) is 0. The van der Waals surface area contributed by atoms with Crippen LogP contribution in [0.25, 0.3) is 9.78 Å². The van der Waals surface area contributed by atoms with Crippen molar-refractivity contribution in [2.75, 3.05) is 18.0 Å². The molecule has 0 spiro atoms. The van der Waals surface area contributed by atoms with Crippen LogP contribution in [-0.2, 0) is 0 Å². The predicted molar refractivity (Wildman–Crippen MR) is 65.5 cm³/mol. The Hall–Kier alpha value is -1.57. The van der Waals surface area contributed by atoms with Gasteiger partial charge in [0.25, 0.3) is 0 Å². The fourth-order valence-electron chi connectivity index (χ4n) is 2.15. The normalized spacial score (nSPS) is 15.4. The van der Waals surface area contributed by atoms with E-state index in [1.807, 2.05) is 0 Å². The maximum atomic E-state index is 11.7. The second-order valence-electron chi connectivity index (χ2n) is 4.00. The summed E-state index contributed by atoms with van der Waals surface area (Å²) in [5.41, 5.74) is 1.10. The minimum absolute atomic E-state index is 0.0768. The van der Waals surface area contributed by atoms with E-state index < -0.39 is 0 Å². The Morgan fingerprint density at radius 1 is 1.47 bits per heavy atom. The van der Waals surface area contributed by atoms with Crippen molar-refractivity contribution in [2.24, 2.45) is 0 Å². The van der Waals surface area contributed by atoms with E-state index in [0.29, 0.717) is 15.3 Å². The van der Waals surface area contributed by atoms with Gasteiger partial charge in [-0.2, -0.15) is 0 Å². The Morgan fingerprint density at radius 3 is 2.94 bits per heavy atom. The number of hydrogen-bond acceptors (Lipinski definition) is 4. The number of aromatic nitrogens is 2. The van der Waals surface area contributed by atoms with E-state index in [1.54, 1.807) is 0 Å². The van der Waals surface area contributed by atoms with Crippen molar-refractivity contribution in [1.29, 1.82) is 5.26 Å². The van der Waals surface area contributed by atoms with Gasteiger partial charge in [0.1, 0.15) is 0 Å². The first-order valence-corrected chi connectivity index (χ1v) is 7.18. The van der Waals surface area contributed by atoms with Crippen LogP contribution in [0.1, 0.15) is 18.4 Å². The van der Waals surface area contributed by atoms with Gasteiger partial charge in [-0.25, -0.2) is 0 Å². The molecule has 0 unspecified atom stereocenters. The molecule has 5 nitrogen and oxygen atoms in total. The van der Waals surface area contributed by atoms with Gasteiger partial charge in [-0.05, 0) is 0 Å². The van der Waals surface area contributed by atoms with Gasteiger partial charge in [-0.1, -0.05) is 0 Å². The molecule has 2 aromatic rings. The molecule has 86 valence electrons. The molecule has 0 aliphatic carbocycles. The maximum absolute atomic E-state index is 11.7. The zero-order valence-electron chi connectivity index (χ0n) is 9.06. The summed E-state index contributed by atoms with van der Waals surface area (Å²) in [6.45, 7) is 1.99. The summed E-state index contributed by atoms with van der Waals surface area (Å²) in [5, 5.41) is 9.26. The molecular formula is C11H10N4OSe. The summed E-state index contributed by atoms with van der Waals surface area (Å²) in [5.74, 6) is 0. The van der Waals surface area contributed by atoms with E-state index in [9.17, 15) is 10.1 Å². The molecule has 0 aromatic carbocycles. The SMILES string of the molecule is N#Cc1c(N2CCCC2)[se]c2c(=O)[nH]cnc12. The van der Waals surface area contributed by atoms with Crippen LogP contribution in [0.2, 0.25) is 0 Å². The minimum atomic E-state index is -0.100. The fraction of sp³-hybridized carbons (Fsp3) is 0.364. The fourth-order valence-corrected chi connectivity index (χ4v) is 4.57. The molecule has 1 aliphatic rings. The summed E-state index contributed by atoms with van der Waals surface area (Å²) in [6, 6.07) is 2.21. The van der Waals surface area contributed by atoms with Crippen LogP contribution >= 0.6 is 0 Å². The van der Waals surface area contributed by atoms with E-state index in [1.165, 1.54) is 19.2 Å². The first kappa shape index (κ1) is 10.6. The van der Waals surface area contributed by atoms with Crippen LogP contribution in [-0.4, -0.2) is 37.6 Å². The molecule has 1 saturated heterocycles. The van der Waals surface area contributed by atoms with Gasteiger partial charge in [0, 0.05) is 0 Å². The van der Waals surface area contributed by atoms with Crippen molar-refractivity contribution in [3.05, 3.63) is 22.2 Å². The summed E-state index contributed by atoms with van der Waals surface area (Å²) < 4.78 is 1.73. The van der Waals surface area contributed by atoms with Crippen LogP contribution in [0.4, 0.5) is 4.56 Å². The number of rotatable bonds is 1. The molecular weight excluding hydrogens is 283 g/mol. The van der Waals surface area contributed by atoms with Crippen molar-refractivity contribution >= 4 is 28.8 Å². The van der Waals surface area contributed by atoms with Gasteiger partial charge in [-0.15, -0.1) is 0 Å². The monoisotopic (exact) mass is 294 g/mol. The third kappa shape index (κ3) is 1.59. The zero-order valence-corrected chi connectivity index (χ0v) is 10.8. The first-order valence-electron chi connectivity index (χ1n) is 5.46. The molecule has 6 heteroatoms. The quantitative estimate of drug-likeness (QED) is 0.775. The van der Waals surface area contributed by atoms with Crippen molar-refractivity contribution in [1.82, 2.24) is 9.97 Å². The third-order valence-electron chi connectivity index (χ3n) is 2.97. The number of fused-ring (bicyclic) bond motifs is 1. The topological polar surface area (TPSA) is 72.8 Å². The average Bonchev–Trinajstić information content (AvgIpc) is 2.95. The predicted octanol–water partition coefficient (Wildman–Crippen LogP) is 0.452. The number of nitriles is 1. The van der Waals surface area contributed by atoms with Gasteiger partial charge in [0.2, 0.25) is 0 Å². The van der Waals surface area contributed by atoms with Crippen molar-refractivity contribution in [2.45, 2.75) is 12.8 Å². The molecule has 0 amide bonds. The van der Waals surface area contributed by atoms with Crippen LogP contribution in [0.3, 0.4) is 0 Å². The number of aromatic amines is 1. The van der Waals surface area contributed by atoms with Gasteiger partial charge in [-0.3, -0.25) is 0 Å². The number of anilines is 1. The number of H-pyrrole nitrogens is 1. The van der Waals surface area contributed by atoms with E-state index in [4.69, 9.17) is 0 Å². The summed E-state index contributed by atoms with van der Waals surface area (Å²) in [4.78, 5) is 20.7. The summed E-state index contributed by atoms with van der Waals surface area (Å²) >= 11 is -0.0768. The van der Waals surface area contributed by atoms with E-state index >= 15 is 0 Å². The summed E-state index contributed by atoms with van der Waals surface area (Å²) in [6.07, 6.45) is 3.71. The van der Waals surface area contributed by atoms with E-state index in [2.05, 4.69) is 20.9 Å². The molecule has 3 rings (SSSR count). The van der Waals surface area contributed by atoms with Crippen LogP contribution in [0, 0.1) is 11.3 Å². The number of hydrogen-bond donors (Lipinski definition) is 1. The van der Waals surface area contributed by atoms with Crippen LogP contribution in [0.15, 0.2) is 11.1 Å². The Bertz CT molecular complexity index is 660. The zero-order chi connectivity index (χ0) is 11.8. The van der Waals surface area contributed by atoms with Crippen molar-refractivity contribution in [3.63, 3.8) is 0 Å². The Morgan fingerprint density at radius 2 is 2.24 bits per heavy atom. The van der Waals surface area contributed by atoms with Crippen molar-refractivity contribution in [3.8, 4) is 6.07 Å². The molecule has 17 heavy (non-hydrogen) atoms. The molecule has 0 radical (unpaired) electrons. The van der Waals surface area contributed by atoms with Gasteiger partial charge in [0.05, 0.1) is 0 Å². The molecule has 1 N–H and O–H groups in total. The van der Waals surface area contributed by atoms with Gasteiger partial charge >= 0.3 is 103 Å². The molecule has 0 bridgehead atoms. The molecule has 2 aromatic heterocycles. The van der Waals surface area contributed by atoms with E-state index in [0.717, 1.165) is 17.7 Å². The van der Waals surface area contributed by atoms with Gasteiger partial charge in [0.15, 0.2) is 0 Å². The molecule has 1 aliphatic heterocycles. The Labute approximate surface area is 103 Å². The Balaban J connectivity index is 2.28. The molecule has 1 fully saturated rings. The number of nitrogens with zero attached hydrogens (tertiary/aromatic N) is 3. The molecule has 3 heterocycles. The second-order valence-corrected chi connectivity index (χ2v) is 6.09. The first-order chi connectivity index (χ1) is 8.31.